The fourth-order valence-electron chi connectivity index (χ4n) is 2.05. The van der Waals surface area contributed by atoms with E-state index in [4.69, 9.17) is 10.2 Å². The lowest BCUT2D eigenvalue weighted by Crippen LogP contribution is -2.25. The molecule has 1 aromatic carbocycles. The number of rotatable bonds is 4. The van der Waals surface area contributed by atoms with Gasteiger partial charge in [-0.2, -0.15) is 4.98 Å². The van der Waals surface area contributed by atoms with Crippen LogP contribution >= 0.6 is 0 Å². The molecule has 4 heteroatoms. The summed E-state index contributed by atoms with van der Waals surface area (Å²) in [7, 11) is 0. The van der Waals surface area contributed by atoms with Gasteiger partial charge in [-0.1, -0.05) is 6.07 Å². The summed E-state index contributed by atoms with van der Waals surface area (Å²) in [4.78, 5) is 6.69. The van der Waals surface area contributed by atoms with Gasteiger partial charge in [0.05, 0.1) is 5.69 Å². The van der Waals surface area contributed by atoms with Gasteiger partial charge in [-0.25, -0.2) is 0 Å². The quantitative estimate of drug-likeness (QED) is 0.822. The van der Waals surface area contributed by atoms with Gasteiger partial charge in [-0.3, -0.25) is 0 Å². The SMILES string of the molecule is CCN(CC1CC1)c1nc2c(N)cccc2o1. The van der Waals surface area contributed by atoms with Crippen LogP contribution < -0.4 is 10.6 Å². The molecule has 3 rings (SSSR count). The van der Waals surface area contributed by atoms with Crippen LogP contribution in [-0.4, -0.2) is 18.1 Å². The number of anilines is 2. The van der Waals surface area contributed by atoms with Crippen molar-refractivity contribution in [1.29, 1.82) is 0 Å². The second-order valence-electron chi connectivity index (χ2n) is 4.67. The highest BCUT2D eigenvalue weighted by Gasteiger charge is 2.25. The number of oxazole rings is 1. The standard InChI is InChI=1S/C13H17N3O/c1-2-16(8-9-6-7-9)13-15-12-10(14)4-3-5-11(12)17-13/h3-5,9H,2,6-8,14H2,1H3. The van der Waals surface area contributed by atoms with Crippen LogP contribution in [0.15, 0.2) is 22.6 Å². The molecular formula is C13H17N3O. The smallest absolute Gasteiger partial charge is 0.298 e. The Balaban J connectivity index is 1.95. The van der Waals surface area contributed by atoms with Gasteiger partial charge in [0.2, 0.25) is 0 Å². The van der Waals surface area contributed by atoms with Crippen molar-refractivity contribution in [3.63, 3.8) is 0 Å². The molecule has 0 spiro atoms. The third kappa shape index (κ3) is 1.95. The van der Waals surface area contributed by atoms with E-state index in [0.717, 1.165) is 30.1 Å². The first-order chi connectivity index (χ1) is 8.28. The molecule has 90 valence electrons. The molecule has 0 atom stereocenters. The second-order valence-corrected chi connectivity index (χ2v) is 4.67. The monoisotopic (exact) mass is 231 g/mol. The van der Waals surface area contributed by atoms with E-state index in [1.807, 2.05) is 18.2 Å². The molecule has 2 aromatic rings. The van der Waals surface area contributed by atoms with E-state index in [2.05, 4.69) is 16.8 Å². The van der Waals surface area contributed by atoms with E-state index in [1.165, 1.54) is 12.8 Å². The third-order valence-electron chi connectivity index (χ3n) is 3.27. The van der Waals surface area contributed by atoms with Crippen LogP contribution in [0, 0.1) is 5.92 Å². The molecule has 0 bridgehead atoms. The number of fused-ring (bicyclic) bond motifs is 1. The summed E-state index contributed by atoms with van der Waals surface area (Å²) in [5.41, 5.74) is 8.11. The maximum atomic E-state index is 5.88. The number of hydrogen-bond donors (Lipinski definition) is 1. The molecule has 1 heterocycles. The number of benzene rings is 1. The topological polar surface area (TPSA) is 55.3 Å². The van der Waals surface area contributed by atoms with Gasteiger partial charge >= 0.3 is 0 Å². The molecule has 2 N–H and O–H groups in total. The van der Waals surface area contributed by atoms with E-state index in [-0.39, 0.29) is 0 Å². The second kappa shape index (κ2) is 3.95. The molecule has 1 aromatic heterocycles. The minimum absolute atomic E-state index is 0.681. The maximum absolute atomic E-state index is 5.88. The molecule has 0 unspecified atom stereocenters. The molecule has 0 saturated heterocycles. The molecule has 4 nitrogen and oxygen atoms in total. The lowest BCUT2D eigenvalue weighted by atomic mass is 10.3. The highest BCUT2D eigenvalue weighted by atomic mass is 16.4. The zero-order valence-corrected chi connectivity index (χ0v) is 10.0. The first kappa shape index (κ1) is 10.4. The van der Waals surface area contributed by atoms with Crippen LogP contribution in [0.5, 0.6) is 0 Å². The number of para-hydroxylation sites is 1. The van der Waals surface area contributed by atoms with E-state index in [1.54, 1.807) is 0 Å². The zero-order chi connectivity index (χ0) is 11.8. The normalized spacial score (nSPS) is 15.4. The van der Waals surface area contributed by atoms with Gasteiger partial charge in [-0.15, -0.1) is 0 Å². The van der Waals surface area contributed by atoms with Crippen molar-refractivity contribution in [2.24, 2.45) is 5.92 Å². The molecule has 17 heavy (non-hydrogen) atoms. The number of nitrogens with zero attached hydrogens (tertiary/aromatic N) is 2. The van der Waals surface area contributed by atoms with E-state index >= 15 is 0 Å². The molecule has 1 aliphatic rings. The van der Waals surface area contributed by atoms with Crippen molar-refractivity contribution < 1.29 is 4.42 Å². The number of nitrogen functional groups attached to an aromatic ring is 1. The highest BCUT2D eigenvalue weighted by Crippen LogP contribution is 2.32. The summed E-state index contributed by atoms with van der Waals surface area (Å²) in [6.07, 6.45) is 2.66. The summed E-state index contributed by atoms with van der Waals surface area (Å²) >= 11 is 0. The van der Waals surface area contributed by atoms with Crippen molar-refractivity contribution in [3.05, 3.63) is 18.2 Å². The summed E-state index contributed by atoms with van der Waals surface area (Å²) in [5.74, 6) is 0.822. The molecule has 0 amide bonds. The number of hydrogen-bond acceptors (Lipinski definition) is 4. The third-order valence-corrected chi connectivity index (χ3v) is 3.27. The fourth-order valence-corrected chi connectivity index (χ4v) is 2.05. The average molecular weight is 231 g/mol. The average Bonchev–Trinajstić information content (AvgIpc) is 3.04. The van der Waals surface area contributed by atoms with Crippen molar-refractivity contribution in [3.8, 4) is 0 Å². The van der Waals surface area contributed by atoms with Crippen molar-refractivity contribution in [2.75, 3.05) is 23.7 Å². The van der Waals surface area contributed by atoms with Crippen LogP contribution in [0.2, 0.25) is 0 Å². The van der Waals surface area contributed by atoms with Gasteiger partial charge in [0, 0.05) is 13.1 Å². The fraction of sp³-hybridized carbons (Fsp3) is 0.462. The van der Waals surface area contributed by atoms with Crippen molar-refractivity contribution in [2.45, 2.75) is 19.8 Å². The van der Waals surface area contributed by atoms with Crippen LogP contribution in [0.25, 0.3) is 11.1 Å². The summed E-state index contributed by atoms with van der Waals surface area (Å²) in [6.45, 7) is 4.09. The molecule has 1 fully saturated rings. The molecule has 1 aliphatic carbocycles. The van der Waals surface area contributed by atoms with Crippen LogP contribution in [0.3, 0.4) is 0 Å². The highest BCUT2D eigenvalue weighted by molar-refractivity contribution is 5.86. The van der Waals surface area contributed by atoms with Gasteiger partial charge in [-0.05, 0) is 37.8 Å². The zero-order valence-electron chi connectivity index (χ0n) is 10.0. The molecule has 1 saturated carbocycles. The lowest BCUT2D eigenvalue weighted by Gasteiger charge is -2.17. The molecular weight excluding hydrogens is 214 g/mol. The Morgan fingerprint density at radius 3 is 2.94 bits per heavy atom. The van der Waals surface area contributed by atoms with E-state index in [9.17, 15) is 0 Å². The Morgan fingerprint density at radius 1 is 1.47 bits per heavy atom. The van der Waals surface area contributed by atoms with Gasteiger partial charge in [0.15, 0.2) is 5.58 Å². The van der Waals surface area contributed by atoms with E-state index in [0.29, 0.717) is 11.7 Å². The first-order valence-corrected chi connectivity index (χ1v) is 6.18. The predicted octanol–water partition coefficient (Wildman–Crippen LogP) is 2.65. The Hall–Kier alpha value is -1.71. The minimum atomic E-state index is 0.681. The summed E-state index contributed by atoms with van der Waals surface area (Å²) in [6, 6.07) is 6.36. The largest absolute Gasteiger partial charge is 0.423 e. The summed E-state index contributed by atoms with van der Waals surface area (Å²) < 4.78 is 5.77. The Bertz CT molecular complexity index is 530. The van der Waals surface area contributed by atoms with Crippen molar-refractivity contribution >= 4 is 22.8 Å². The Morgan fingerprint density at radius 2 is 2.29 bits per heavy atom. The molecule has 0 aliphatic heterocycles. The van der Waals surface area contributed by atoms with Crippen LogP contribution in [-0.2, 0) is 0 Å². The number of aromatic nitrogens is 1. The number of nitrogens with two attached hydrogens (primary N) is 1. The first-order valence-electron chi connectivity index (χ1n) is 6.18. The van der Waals surface area contributed by atoms with Crippen LogP contribution in [0.1, 0.15) is 19.8 Å². The Labute approximate surface area is 100 Å². The van der Waals surface area contributed by atoms with Gasteiger partial charge < -0.3 is 15.1 Å². The summed E-state index contributed by atoms with van der Waals surface area (Å²) in [5, 5.41) is 0. The maximum Gasteiger partial charge on any atom is 0.298 e. The van der Waals surface area contributed by atoms with Gasteiger partial charge in [0.1, 0.15) is 5.52 Å². The van der Waals surface area contributed by atoms with Gasteiger partial charge in [0.25, 0.3) is 6.01 Å². The van der Waals surface area contributed by atoms with E-state index < -0.39 is 0 Å². The Kier molecular flexibility index (Phi) is 2.42. The predicted molar refractivity (Wildman–Crippen MR) is 69.0 cm³/mol. The van der Waals surface area contributed by atoms with Crippen LogP contribution in [0.4, 0.5) is 11.7 Å². The van der Waals surface area contributed by atoms with Crippen molar-refractivity contribution in [1.82, 2.24) is 4.98 Å². The minimum Gasteiger partial charge on any atom is -0.423 e. The molecule has 0 radical (unpaired) electrons. The lowest BCUT2D eigenvalue weighted by molar-refractivity contribution is 0.561.